The zero-order valence-corrected chi connectivity index (χ0v) is 10.9. The van der Waals surface area contributed by atoms with Crippen LogP contribution in [0.5, 0.6) is 0 Å². The Balaban J connectivity index is 2.78. The Morgan fingerprint density at radius 1 is 1.39 bits per heavy atom. The molecule has 2 amide bonds. The summed E-state index contributed by atoms with van der Waals surface area (Å²) in [5.41, 5.74) is 5.10. The van der Waals surface area contributed by atoms with E-state index in [0.717, 1.165) is 23.2 Å². The molecule has 1 aromatic rings. The van der Waals surface area contributed by atoms with E-state index < -0.39 is 0 Å². The highest BCUT2D eigenvalue weighted by atomic mass is 16.6. The molecule has 1 rings (SSSR count). The summed E-state index contributed by atoms with van der Waals surface area (Å²) >= 11 is 0. The van der Waals surface area contributed by atoms with Crippen LogP contribution in [0.3, 0.4) is 0 Å². The van der Waals surface area contributed by atoms with Crippen LogP contribution in [0.2, 0.25) is 0 Å². The van der Waals surface area contributed by atoms with Crippen LogP contribution in [0.15, 0.2) is 18.2 Å². The smallest absolute Gasteiger partial charge is 0.245 e. The van der Waals surface area contributed by atoms with Crippen LogP contribution >= 0.6 is 0 Å². The standard InChI is InChI=1S/C13H18N2O3/c1-10-5-4-6-11(2)13(10)15(9-16)8-7-12(17)14-18-3/h4-6,9H,7-8H2,1-3H3,(H,14,17). The van der Waals surface area contributed by atoms with Gasteiger partial charge in [0.1, 0.15) is 0 Å². The van der Waals surface area contributed by atoms with Gasteiger partial charge in [0.15, 0.2) is 0 Å². The molecular weight excluding hydrogens is 232 g/mol. The third-order valence-electron chi connectivity index (χ3n) is 2.65. The molecule has 0 aliphatic rings. The molecule has 0 spiro atoms. The number of nitrogens with zero attached hydrogens (tertiary/aromatic N) is 1. The van der Waals surface area contributed by atoms with Gasteiger partial charge in [0.2, 0.25) is 12.3 Å². The molecule has 0 saturated heterocycles. The van der Waals surface area contributed by atoms with Gasteiger partial charge in [-0.2, -0.15) is 0 Å². The number of hydrogen-bond donors (Lipinski definition) is 1. The number of aryl methyl sites for hydroxylation is 2. The minimum absolute atomic E-state index is 0.195. The molecule has 0 heterocycles. The summed E-state index contributed by atoms with van der Waals surface area (Å²) in [6.45, 7) is 4.20. The third kappa shape index (κ3) is 3.56. The van der Waals surface area contributed by atoms with Gasteiger partial charge >= 0.3 is 0 Å². The largest absolute Gasteiger partial charge is 0.314 e. The number of nitrogens with one attached hydrogen (secondary N) is 1. The van der Waals surface area contributed by atoms with Gasteiger partial charge in [-0.15, -0.1) is 0 Å². The van der Waals surface area contributed by atoms with E-state index in [-0.39, 0.29) is 12.3 Å². The maximum atomic E-state index is 11.3. The lowest BCUT2D eigenvalue weighted by Crippen LogP contribution is -2.30. The molecule has 98 valence electrons. The van der Waals surface area contributed by atoms with Gasteiger partial charge < -0.3 is 4.90 Å². The van der Waals surface area contributed by atoms with Crippen LogP contribution in [-0.2, 0) is 14.4 Å². The van der Waals surface area contributed by atoms with Crippen molar-refractivity contribution >= 4 is 18.0 Å². The molecule has 18 heavy (non-hydrogen) atoms. The van der Waals surface area contributed by atoms with E-state index in [9.17, 15) is 9.59 Å². The molecule has 1 N–H and O–H groups in total. The average Bonchev–Trinajstić information content (AvgIpc) is 2.33. The zero-order valence-electron chi connectivity index (χ0n) is 10.9. The number of hydroxylamine groups is 1. The van der Waals surface area contributed by atoms with Crippen molar-refractivity contribution in [3.63, 3.8) is 0 Å². The highest BCUT2D eigenvalue weighted by Crippen LogP contribution is 2.23. The summed E-state index contributed by atoms with van der Waals surface area (Å²) in [5, 5.41) is 0. The van der Waals surface area contributed by atoms with Gasteiger partial charge in [0.05, 0.1) is 7.11 Å². The molecule has 0 bridgehead atoms. The van der Waals surface area contributed by atoms with Gasteiger partial charge in [-0.05, 0) is 25.0 Å². The molecule has 5 heteroatoms. The predicted octanol–water partition coefficient (Wildman–Crippen LogP) is 1.33. The van der Waals surface area contributed by atoms with E-state index in [1.54, 1.807) is 4.90 Å². The SMILES string of the molecule is CONC(=O)CCN(C=O)c1c(C)cccc1C. The zero-order chi connectivity index (χ0) is 13.5. The monoisotopic (exact) mass is 250 g/mol. The van der Waals surface area contributed by atoms with Gasteiger partial charge in [-0.1, -0.05) is 18.2 Å². The van der Waals surface area contributed by atoms with Gasteiger partial charge in [0.25, 0.3) is 0 Å². The first-order chi connectivity index (χ1) is 8.60. The quantitative estimate of drug-likeness (QED) is 0.612. The van der Waals surface area contributed by atoms with E-state index in [2.05, 4.69) is 10.3 Å². The minimum Gasteiger partial charge on any atom is -0.314 e. The first-order valence-corrected chi connectivity index (χ1v) is 5.70. The van der Waals surface area contributed by atoms with Crippen molar-refractivity contribution in [3.8, 4) is 0 Å². The summed E-state index contributed by atoms with van der Waals surface area (Å²) < 4.78 is 0. The van der Waals surface area contributed by atoms with E-state index in [1.807, 2.05) is 32.0 Å². The van der Waals surface area contributed by atoms with E-state index in [1.165, 1.54) is 7.11 Å². The molecule has 0 unspecified atom stereocenters. The minimum atomic E-state index is -0.254. The van der Waals surface area contributed by atoms with Crippen molar-refractivity contribution in [2.75, 3.05) is 18.6 Å². The molecule has 0 aliphatic carbocycles. The van der Waals surface area contributed by atoms with E-state index in [4.69, 9.17) is 0 Å². The molecule has 1 aromatic carbocycles. The van der Waals surface area contributed by atoms with Crippen molar-refractivity contribution in [1.82, 2.24) is 5.48 Å². The Hall–Kier alpha value is -1.88. The fraction of sp³-hybridized carbons (Fsp3) is 0.385. The second kappa shape index (κ2) is 6.76. The summed E-state index contributed by atoms with van der Waals surface area (Å²) in [4.78, 5) is 28.5. The van der Waals surface area contributed by atoms with Crippen molar-refractivity contribution in [1.29, 1.82) is 0 Å². The first-order valence-electron chi connectivity index (χ1n) is 5.70. The number of benzene rings is 1. The molecule has 0 aliphatic heterocycles. The Labute approximate surface area is 107 Å². The molecule has 0 radical (unpaired) electrons. The van der Waals surface area contributed by atoms with Crippen LogP contribution in [0, 0.1) is 13.8 Å². The van der Waals surface area contributed by atoms with Crippen LogP contribution in [0.4, 0.5) is 5.69 Å². The second-order valence-electron chi connectivity index (χ2n) is 4.02. The number of hydrogen-bond acceptors (Lipinski definition) is 3. The maximum absolute atomic E-state index is 11.3. The summed E-state index contributed by atoms with van der Waals surface area (Å²) in [6, 6.07) is 5.82. The number of anilines is 1. The number of carbonyl (C=O) groups is 2. The fourth-order valence-electron chi connectivity index (χ4n) is 1.86. The number of carbonyl (C=O) groups excluding carboxylic acids is 2. The van der Waals surface area contributed by atoms with Crippen LogP contribution in [0.25, 0.3) is 0 Å². The Morgan fingerprint density at radius 2 is 2.00 bits per heavy atom. The van der Waals surface area contributed by atoms with E-state index in [0.29, 0.717) is 6.54 Å². The number of rotatable bonds is 6. The first kappa shape index (κ1) is 14.2. The van der Waals surface area contributed by atoms with Crippen molar-refractivity contribution < 1.29 is 14.4 Å². The molecule has 0 saturated carbocycles. The third-order valence-corrected chi connectivity index (χ3v) is 2.65. The highest BCUT2D eigenvalue weighted by Gasteiger charge is 2.12. The number of amides is 2. The molecule has 0 atom stereocenters. The summed E-state index contributed by atoms with van der Waals surface area (Å²) in [7, 11) is 1.38. The lowest BCUT2D eigenvalue weighted by atomic mass is 10.1. The Bertz CT molecular complexity index is 412. The lowest BCUT2D eigenvalue weighted by Gasteiger charge is -2.21. The normalized spacial score (nSPS) is 9.94. The predicted molar refractivity (Wildman–Crippen MR) is 69.1 cm³/mol. The maximum Gasteiger partial charge on any atom is 0.245 e. The fourth-order valence-corrected chi connectivity index (χ4v) is 1.86. The highest BCUT2D eigenvalue weighted by molar-refractivity contribution is 5.81. The van der Waals surface area contributed by atoms with Gasteiger partial charge in [0, 0.05) is 18.7 Å². The summed E-state index contributed by atoms with van der Waals surface area (Å²) in [5.74, 6) is -0.254. The topological polar surface area (TPSA) is 58.6 Å². The average molecular weight is 250 g/mol. The van der Waals surface area contributed by atoms with Crippen LogP contribution in [-0.4, -0.2) is 26.0 Å². The van der Waals surface area contributed by atoms with Gasteiger partial charge in [-0.25, -0.2) is 5.48 Å². The Morgan fingerprint density at radius 3 is 2.50 bits per heavy atom. The van der Waals surface area contributed by atoms with Crippen molar-refractivity contribution in [2.45, 2.75) is 20.3 Å². The molecule has 0 aromatic heterocycles. The lowest BCUT2D eigenvalue weighted by molar-refractivity contribution is -0.131. The van der Waals surface area contributed by atoms with Crippen LogP contribution < -0.4 is 10.4 Å². The second-order valence-corrected chi connectivity index (χ2v) is 4.02. The van der Waals surface area contributed by atoms with Crippen molar-refractivity contribution in [3.05, 3.63) is 29.3 Å². The van der Waals surface area contributed by atoms with Gasteiger partial charge in [-0.3, -0.25) is 14.4 Å². The summed E-state index contributed by atoms with van der Waals surface area (Å²) in [6.07, 6.45) is 0.940. The molecule has 5 nitrogen and oxygen atoms in total. The van der Waals surface area contributed by atoms with E-state index >= 15 is 0 Å². The molecular formula is C13H18N2O3. The number of para-hydroxylation sites is 1. The Kier molecular flexibility index (Phi) is 5.32. The van der Waals surface area contributed by atoms with Crippen LogP contribution in [0.1, 0.15) is 17.5 Å². The molecule has 0 fully saturated rings. The van der Waals surface area contributed by atoms with Crippen molar-refractivity contribution in [2.24, 2.45) is 0 Å².